The molecule has 0 aliphatic heterocycles. The zero-order valence-electron chi connectivity index (χ0n) is 38.6. The molecule has 14 nitrogen and oxygen atoms in total. The molecule has 1 aliphatic carbocycles. The van der Waals surface area contributed by atoms with Crippen LogP contribution in [0.25, 0.3) is 0 Å². The fourth-order valence-corrected chi connectivity index (χ4v) is 8.11. The quantitative estimate of drug-likeness (QED) is 0.0166. The number of rotatable bonds is 41. The van der Waals surface area contributed by atoms with Gasteiger partial charge in [-0.2, -0.15) is 0 Å². The van der Waals surface area contributed by atoms with Crippen LogP contribution in [0.3, 0.4) is 0 Å². The maximum absolute atomic E-state index is 12.8. The number of Topliss-reactive ketones (excluding diaryl/α,β-unsaturated/α-hetero) is 1. The van der Waals surface area contributed by atoms with Crippen LogP contribution in [-0.4, -0.2) is 88.1 Å². The van der Waals surface area contributed by atoms with Gasteiger partial charge in [0.25, 0.3) is 0 Å². The number of esters is 2. The second-order valence-corrected chi connectivity index (χ2v) is 18.5. The molecule has 0 radical (unpaired) electrons. The average molecular weight is 914 g/mol. The number of aliphatic hydroxyl groups is 2. The Labute approximate surface area is 378 Å². The van der Waals surface area contributed by atoms with E-state index in [1.165, 1.54) is 77.0 Å². The number of aliphatic carboxylic acids is 1. The van der Waals surface area contributed by atoms with Gasteiger partial charge < -0.3 is 35.4 Å². The summed E-state index contributed by atoms with van der Waals surface area (Å²) >= 11 is 0. The third-order valence-corrected chi connectivity index (χ3v) is 12.2. The molecule has 15 heteroatoms. The van der Waals surface area contributed by atoms with Crippen molar-refractivity contribution >= 4 is 31.5 Å². The van der Waals surface area contributed by atoms with Crippen molar-refractivity contribution in [2.24, 2.45) is 17.6 Å². The maximum Gasteiger partial charge on any atom is 0.472 e. The number of hydrogen-bond acceptors (Lipinski definition) is 12. The third kappa shape index (κ3) is 31.7. The minimum absolute atomic E-state index is 0.0331. The van der Waals surface area contributed by atoms with Crippen molar-refractivity contribution in [3.05, 3.63) is 36.5 Å². The molecule has 7 atom stereocenters. The van der Waals surface area contributed by atoms with Gasteiger partial charge >= 0.3 is 25.7 Å². The Balaban J connectivity index is 2.44. The van der Waals surface area contributed by atoms with Gasteiger partial charge in [-0.05, 0) is 57.8 Å². The highest BCUT2D eigenvalue weighted by Crippen LogP contribution is 2.43. The minimum Gasteiger partial charge on any atom is -0.480 e. The minimum atomic E-state index is -4.80. The summed E-state index contributed by atoms with van der Waals surface area (Å²) in [6.45, 7) is 2.43. The number of ketones is 1. The number of carboxylic acids is 1. The Morgan fingerprint density at radius 2 is 1.25 bits per heavy atom. The molecule has 1 rings (SSSR count). The molecule has 0 spiro atoms. The molecular weight excluding hydrogens is 829 g/mol. The van der Waals surface area contributed by atoms with Gasteiger partial charge in [0.1, 0.15) is 18.4 Å². The summed E-state index contributed by atoms with van der Waals surface area (Å²) in [6.07, 6.45) is 34.3. The van der Waals surface area contributed by atoms with E-state index in [4.69, 9.17) is 24.8 Å². The van der Waals surface area contributed by atoms with Crippen molar-refractivity contribution in [2.45, 2.75) is 212 Å². The van der Waals surface area contributed by atoms with Crippen molar-refractivity contribution in [3.8, 4) is 0 Å². The third-order valence-electron chi connectivity index (χ3n) is 11.2. The van der Waals surface area contributed by atoms with E-state index in [0.717, 1.165) is 44.9 Å². The number of phosphoric ester groups is 1. The van der Waals surface area contributed by atoms with E-state index in [1.54, 1.807) is 12.2 Å². The molecule has 0 bridgehead atoms. The first-order valence-electron chi connectivity index (χ1n) is 24.1. The molecule has 0 aromatic heterocycles. The van der Waals surface area contributed by atoms with E-state index in [9.17, 15) is 38.8 Å². The summed E-state index contributed by atoms with van der Waals surface area (Å²) in [5.74, 6) is -3.44. The molecule has 63 heavy (non-hydrogen) atoms. The van der Waals surface area contributed by atoms with Crippen LogP contribution in [-0.2, 0) is 42.3 Å². The molecule has 0 aromatic rings. The summed E-state index contributed by atoms with van der Waals surface area (Å²) in [4.78, 5) is 58.9. The number of ether oxygens (including phenoxy) is 2. The predicted octanol–water partition coefficient (Wildman–Crippen LogP) is 9.76. The normalized spacial score (nSPS) is 19.2. The largest absolute Gasteiger partial charge is 0.480 e. The summed E-state index contributed by atoms with van der Waals surface area (Å²) in [7, 11) is -4.80. The zero-order chi connectivity index (χ0) is 46.6. The number of unbranched alkanes of at least 4 members (excludes halogenated alkanes) is 18. The first-order chi connectivity index (χ1) is 30.3. The molecular formula is C48H84NO13P. The molecule has 6 N–H and O–H groups in total. The molecule has 364 valence electrons. The van der Waals surface area contributed by atoms with Crippen LogP contribution in [0.4, 0.5) is 0 Å². The number of carbonyl (C=O) groups excluding carboxylic acids is 3. The molecule has 0 saturated heterocycles. The first-order valence-corrected chi connectivity index (χ1v) is 25.6. The van der Waals surface area contributed by atoms with E-state index >= 15 is 0 Å². The van der Waals surface area contributed by atoms with Crippen LogP contribution < -0.4 is 5.73 Å². The highest BCUT2D eigenvalue weighted by Gasteiger charge is 2.39. The second kappa shape index (κ2) is 37.5. The summed E-state index contributed by atoms with van der Waals surface area (Å²) in [5.41, 5.74) is 5.34. The summed E-state index contributed by atoms with van der Waals surface area (Å²) < 4.78 is 32.7. The number of carbonyl (C=O) groups is 4. The van der Waals surface area contributed by atoms with Crippen LogP contribution in [0, 0.1) is 11.8 Å². The summed E-state index contributed by atoms with van der Waals surface area (Å²) in [6, 6.07) is -1.57. The predicted molar refractivity (Wildman–Crippen MR) is 246 cm³/mol. The van der Waals surface area contributed by atoms with Gasteiger partial charge in [0.15, 0.2) is 6.10 Å². The van der Waals surface area contributed by atoms with E-state index in [-0.39, 0.29) is 31.0 Å². The SMILES string of the molecule is CCCCCCCC/C=C\CCCCCCCCCCCC(=O)OC[C@H](COP(=O)(O)OC[C@H](N)C(=O)O)OC(=O)CCC/C=C\C[C@H]1C(=O)C[C@@H](O)[C@@H]1/C=C/[C@@H](O)CCCCC. The van der Waals surface area contributed by atoms with Crippen molar-refractivity contribution < 1.29 is 62.5 Å². The van der Waals surface area contributed by atoms with Gasteiger partial charge in [0.2, 0.25) is 0 Å². The molecule has 0 aromatic carbocycles. The lowest BCUT2D eigenvalue weighted by Gasteiger charge is -2.20. The molecule has 0 amide bonds. The molecule has 1 aliphatic rings. The monoisotopic (exact) mass is 914 g/mol. The van der Waals surface area contributed by atoms with Gasteiger partial charge in [-0.25, -0.2) is 4.57 Å². The molecule has 1 saturated carbocycles. The van der Waals surface area contributed by atoms with Crippen molar-refractivity contribution in [1.82, 2.24) is 0 Å². The van der Waals surface area contributed by atoms with Gasteiger partial charge in [-0.15, -0.1) is 0 Å². The Morgan fingerprint density at radius 1 is 0.730 bits per heavy atom. The van der Waals surface area contributed by atoms with Crippen molar-refractivity contribution in [2.75, 3.05) is 19.8 Å². The van der Waals surface area contributed by atoms with Crippen molar-refractivity contribution in [1.29, 1.82) is 0 Å². The fourth-order valence-electron chi connectivity index (χ4n) is 7.34. The number of carboxylic acid groups (broad SMARTS) is 1. The second-order valence-electron chi connectivity index (χ2n) is 17.0. The first kappa shape index (κ1) is 58.3. The lowest BCUT2D eigenvalue weighted by atomic mass is 9.90. The topological polar surface area (TPSA) is 229 Å². The summed E-state index contributed by atoms with van der Waals surface area (Å²) in [5, 5.41) is 29.6. The van der Waals surface area contributed by atoms with Gasteiger partial charge in [-0.3, -0.25) is 28.2 Å². The smallest absolute Gasteiger partial charge is 0.472 e. The highest BCUT2D eigenvalue weighted by molar-refractivity contribution is 7.47. The number of hydrogen-bond donors (Lipinski definition) is 5. The highest BCUT2D eigenvalue weighted by atomic mass is 31.2. The van der Waals surface area contributed by atoms with E-state index < -0.39 is 75.8 Å². The number of nitrogens with two attached hydrogens (primary N) is 1. The Kier molecular flexibility index (Phi) is 34.7. The van der Waals surface area contributed by atoms with Crippen LogP contribution in [0.1, 0.15) is 187 Å². The number of allylic oxidation sites excluding steroid dienone is 4. The number of aliphatic hydroxyl groups excluding tert-OH is 2. The number of phosphoric acid groups is 1. The molecule has 1 fully saturated rings. The maximum atomic E-state index is 12.8. The van der Waals surface area contributed by atoms with Gasteiger partial charge in [0, 0.05) is 31.1 Å². The lowest BCUT2D eigenvalue weighted by molar-refractivity contribution is -0.161. The Morgan fingerprint density at radius 3 is 1.87 bits per heavy atom. The van der Waals surface area contributed by atoms with E-state index in [1.807, 2.05) is 12.2 Å². The zero-order valence-corrected chi connectivity index (χ0v) is 39.5. The van der Waals surface area contributed by atoms with Crippen LogP contribution >= 0.6 is 7.82 Å². The lowest BCUT2D eigenvalue weighted by Crippen LogP contribution is -2.34. The Bertz CT molecular complexity index is 1370. The van der Waals surface area contributed by atoms with Crippen LogP contribution in [0.5, 0.6) is 0 Å². The fraction of sp³-hybridized carbons (Fsp3) is 0.792. The van der Waals surface area contributed by atoms with Crippen molar-refractivity contribution in [3.63, 3.8) is 0 Å². The van der Waals surface area contributed by atoms with E-state index in [0.29, 0.717) is 32.1 Å². The average Bonchev–Trinajstić information content (AvgIpc) is 3.52. The molecule has 0 heterocycles. The van der Waals surface area contributed by atoms with E-state index in [2.05, 4.69) is 30.5 Å². The van der Waals surface area contributed by atoms with Crippen LogP contribution in [0.2, 0.25) is 0 Å². The van der Waals surface area contributed by atoms with Gasteiger partial charge in [-0.1, -0.05) is 147 Å². The van der Waals surface area contributed by atoms with Crippen LogP contribution in [0.15, 0.2) is 36.5 Å². The molecule has 1 unspecified atom stereocenters. The Hall–Kier alpha value is -2.71. The standard InChI is InChI=1S/C48H84NO13P/c1-3-5-7-8-9-10-11-12-13-14-15-16-17-18-19-20-21-22-27-31-46(53)59-36-40(37-60-63(57,58)61-38-43(49)48(55)56)62-47(54)32-28-24-23-26-30-41-42(45(52)35-44(41)51)34-33-39(50)29-25-6-4-2/h12-13,23,26,33-34,39-43,45,50,52H,3-11,14-22,24-25,27-32,35-38,49H2,1-2H3,(H,55,56)(H,57,58)/b13-12-,26-23-,34-33+/t39-,40+,41+,42+,43-,45+/m0/s1. The van der Waals surface area contributed by atoms with Gasteiger partial charge in [0.05, 0.1) is 25.4 Å².